The highest BCUT2D eigenvalue weighted by molar-refractivity contribution is 6.08. The lowest BCUT2D eigenvalue weighted by Crippen LogP contribution is -2.24. The number of anilines is 2. The van der Waals surface area contributed by atoms with E-state index in [9.17, 15) is 9.90 Å². The van der Waals surface area contributed by atoms with Crippen molar-refractivity contribution in [2.75, 3.05) is 23.8 Å². The molecular formula is C19H24N2O3. The molecule has 5 heteroatoms. The van der Waals surface area contributed by atoms with Crippen LogP contribution < -0.4 is 10.6 Å². The van der Waals surface area contributed by atoms with Crippen LogP contribution in [0.2, 0.25) is 0 Å². The van der Waals surface area contributed by atoms with Gasteiger partial charge in [-0.15, -0.1) is 0 Å². The molecule has 4 N–H and O–H groups in total. The van der Waals surface area contributed by atoms with E-state index in [4.69, 9.17) is 5.11 Å². The Morgan fingerprint density at radius 2 is 1.67 bits per heavy atom. The van der Waals surface area contributed by atoms with Crippen LogP contribution >= 0.6 is 0 Å². The predicted octanol–water partition coefficient (Wildman–Crippen LogP) is 2.83. The third kappa shape index (κ3) is 4.57. The van der Waals surface area contributed by atoms with E-state index in [2.05, 4.69) is 24.5 Å². The molecule has 1 amide bonds. The number of hydrogen-bond acceptors (Lipinski definition) is 4. The smallest absolute Gasteiger partial charge is 0.257 e. The van der Waals surface area contributed by atoms with Crippen LogP contribution in [0, 0.1) is 0 Å². The number of rotatable bonds is 7. The van der Waals surface area contributed by atoms with Crippen molar-refractivity contribution in [2.45, 2.75) is 25.9 Å². The zero-order chi connectivity index (χ0) is 17.5. The molecule has 0 saturated heterocycles. The molecule has 0 aliphatic carbocycles. The van der Waals surface area contributed by atoms with Crippen LogP contribution in [0.4, 0.5) is 11.4 Å². The standard InChI is InChI=1S/C19H24N2O3/c1-13(2)15-7-3-6-10-18(15)21-19(24)16-8-4-5-9-17(16)20-11-14(23)12-22/h3-10,13-14,20,22-23H,11-12H2,1-2H3,(H,21,24). The first-order valence-corrected chi connectivity index (χ1v) is 8.05. The molecule has 1 atom stereocenters. The molecule has 24 heavy (non-hydrogen) atoms. The average Bonchev–Trinajstić information content (AvgIpc) is 2.60. The van der Waals surface area contributed by atoms with Gasteiger partial charge in [-0.3, -0.25) is 4.79 Å². The minimum absolute atomic E-state index is 0.170. The monoisotopic (exact) mass is 328 g/mol. The Balaban J connectivity index is 2.19. The van der Waals surface area contributed by atoms with Gasteiger partial charge in [-0.2, -0.15) is 0 Å². The third-order valence-corrected chi connectivity index (χ3v) is 3.74. The first-order valence-electron chi connectivity index (χ1n) is 8.05. The number of para-hydroxylation sites is 2. The summed E-state index contributed by atoms with van der Waals surface area (Å²) in [5.74, 6) is 0.0826. The van der Waals surface area contributed by atoms with Crippen LogP contribution in [0.1, 0.15) is 35.7 Å². The Morgan fingerprint density at radius 3 is 2.33 bits per heavy atom. The van der Waals surface area contributed by atoms with Crippen molar-refractivity contribution in [3.63, 3.8) is 0 Å². The van der Waals surface area contributed by atoms with E-state index < -0.39 is 6.10 Å². The van der Waals surface area contributed by atoms with Crippen molar-refractivity contribution in [1.82, 2.24) is 0 Å². The lowest BCUT2D eigenvalue weighted by Gasteiger charge is -2.16. The summed E-state index contributed by atoms with van der Waals surface area (Å²) in [4.78, 5) is 12.7. The maximum Gasteiger partial charge on any atom is 0.257 e. The molecule has 0 spiro atoms. The largest absolute Gasteiger partial charge is 0.394 e. The average molecular weight is 328 g/mol. The molecule has 1 unspecified atom stereocenters. The normalized spacial score (nSPS) is 12.0. The zero-order valence-electron chi connectivity index (χ0n) is 14.0. The molecule has 0 saturated carbocycles. The fourth-order valence-corrected chi connectivity index (χ4v) is 2.43. The Kier molecular flexibility index (Phi) is 6.35. The summed E-state index contributed by atoms with van der Waals surface area (Å²) in [5, 5.41) is 24.3. The molecular weight excluding hydrogens is 304 g/mol. The van der Waals surface area contributed by atoms with Crippen LogP contribution in [-0.4, -0.2) is 35.4 Å². The third-order valence-electron chi connectivity index (χ3n) is 3.74. The zero-order valence-corrected chi connectivity index (χ0v) is 14.0. The van der Waals surface area contributed by atoms with Crippen molar-refractivity contribution in [3.05, 3.63) is 59.7 Å². The van der Waals surface area contributed by atoms with E-state index in [1.807, 2.05) is 30.3 Å². The van der Waals surface area contributed by atoms with Crippen LogP contribution in [-0.2, 0) is 0 Å². The molecule has 0 heterocycles. The molecule has 0 aliphatic rings. The lowest BCUT2D eigenvalue weighted by atomic mass is 10.0. The molecule has 2 aromatic rings. The van der Waals surface area contributed by atoms with Gasteiger partial charge in [0, 0.05) is 17.9 Å². The van der Waals surface area contributed by atoms with Gasteiger partial charge in [0.05, 0.1) is 18.3 Å². The first-order chi connectivity index (χ1) is 11.5. The topological polar surface area (TPSA) is 81.6 Å². The van der Waals surface area contributed by atoms with Gasteiger partial charge < -0.3 is 20.8 Å². The highest BCUT2D eigenvalue weighted by Gasteiger charge is 2.14. The lowest BCUT2D eigenvalue weighted by molar-refractivity contribution is 0.102. The van der Waals surface area contributed by atoms with Gasteiger partial charge in [0.1, 0.15) is 0 Å². The Labute approximate surface area is 142 Å². The molecule has 0 aromatic heterocycles. The molecule has 2 aromatic carbocycles. The van der Waals surface area contributed by atoms with Crippen molar-refractivity contribution >= 4 is 17.3 Å². The summed E-state index contributed by atoms with van der Waals surface area (Å²) in [7, 11) is 0. The second kappa shape index (κ2) is 8.47. The summed E-state index contributed by atoms with van der Waals surface area (Å²) >= 11 is 0. The SMILES string of the molecule is CC(C)c1ccccc1NC(=O)c1ccccc1NCC(O)CO. The molecule has 2 rings (SSSR count). The Bertz CT molecular complexity index is 686. The van der Waals surface area contributed by atoms with Crippen LogP contribution in [0.25, 0.3) is 0 Å². The number of hydrogen-bond donors (Lipinski definition) is 4. The molecule has 0 radical (unpaired) electrons. The second-order valence-corrected chi connectivity index (χ2v) is 5.96. The van der Waals surface area contributed by atoms with E-state index >= 15 is 0 Å². The summed E-state index contributed by atoms with van der Waals surface area (Å²) < 4.78 is 0. The first kappa shape index (κ1) is 18.0. The Hall–Kier alpha value is -2.37. The van der Waals surface area contributed by atoms with Gasteiger partial charge in [-0.1, -0.05) is 44.2 Å². The summed E-state index contributed by atoms with van der Waals surface area (Å²) in [6, 6.07) is 14.8. The summed E-state index contributed by atoms with van der Waals surface area (Å²) in [6.07, 6.45) is -0.872. The second-order valence-electron chi connectivity index (χ2n) is 5.96. The molecule has 128 valence electrons. The number of nitrogens with one attached hydrogen (secondary N) is 2. The van der Waals surface area contributed by atoms with Crippen LogP contribution in [0.15, 0.2) is 48.5 Å². The van der Waals surface area contributed by atoms with Gasteiger partial charge in [-0.25, -0.2) is 0 Å². The van der Waals surface area contributed by atoms with Crippen LogP contribution in [0.3, 0.4) is 0 Å². The number of amides is 1. The number of carbonyl (C=O) groups is 1. The number of aliphatic hydroxyl groups is 2. The van der Waals surface area contributed by atoms with Gasteiger partial charge in [0.25, 0.3) is 5.91 Å². The maximum atomic E-state index is 12.7. The van der Waals surface area contributed by atoms with Crippen molar-refractivity contribution < 1.29 is 15.0 Å². The van der Waals surface area contributed by atoms with Gasteiger partial charge in [-0.05, 0) is 29.7 Å². The Morgan fingerprint density at radius 1 is 1.04 bits per heavy atom. The number of carbonyl (C=O) groups excluding carboxylic acids is 1. The molecule has 0 fully saturated rings. The van der Waals surface area contributed by atoms with E-state index in [0.29, 0.717) is 17.2 Å². The maximum absolute atomic E-state index is 12.7. The highest BCUT2D eigenvalue weighted by Crippen LogP contribution is 2.25. The summed E-state index contributed by atoms with van der Waals surface area (Å²) in [6.45, 7) is 4.00. The van der Waals surface area contributed by atoms with E-state index in [1.165, 1.54) is 0 Å². The fraction of sp³-hybridized carbons (Fsp3) is 0.316. The predicted molar refractivity (Wildman–Crippen MR) is 96.5 cm³/mol. The van der Waals surface area contributed by atoms with Crippen LogP contribution in [0.5, 0.6) is 0 Å². The van der Waals surface area contributed by atoms with Gasteiger partial charge in [0.2, 0.25) is 0 Å². The number of aliphatic hydroxyl groups excluding tert-OH is 2. The quantitative estimate of drug-likeness (QED) is 0.630. The van der Waals surface area contributed by atoms with Gasteiger partial charge >= 0.3 is 0 Å². The van der Waals surface area contributed by atoms with Crippen molar-refractivity contribution in [1.29, 1.82) is 0 Å². The minimum atomic E-state index is -0.872. The van der Waals surface area contributed by atoms with E-state index in [0.717, 1.165) is 11.3 Å². The van der Waals surface area contributed by atoms with Crippen molar-refractivity contribution in [3.8, 4) is 0 Å². The molecule has 0 aliphatic heterocycles. The van der Waals surface area contributed by atoms with Gasteiger partial charge in [0.15, 0.2) is 0 Å². The van der Waals surface area contributed by atoms with E-state index in [1.54, 1.807) is 18.2 Å². The molecule has 5 nitrogen and oxygen atoms in total. The summed E-state index contributed by atoms with van der Waals surface area (Å²) in [5.41, 5.74) is 2.97. The van der Waals surface area contributed by atoms with E-state index in [-0.39, 0.29) is 19.1 Å². The highest BCUT2D eigenvalue weighted by atomic mass is 16.3. The molecule has 0 bridgehead atoms. The van der Waals surface area contributed by atoms with Crippen molar-refractivity contribution in [2.24, 2.45) is 0 Å². The fourth-order valence-electron chi connectivity index (χ4n) is 2.43. The minimum Gasteiger partial charge on any atom is -0.394 e. The number of benzene rings is 2.